The van der Waals surface area contributed by atoms with Crippen LogP contribution in [0.2, 0.25) is 0 Å². The van der Waals surface area contributed by atoms with Crippen molar-refractivity contribution in [3.63, 3.8) is 0 Å². The molecule has 2 nitrogen and oxygen atoms in total. The van der Waals surface area contributed by atoms with Crippen molar-refractivity contribution in [2.24, 2.45) is 5.92 Å². The van der Waals surface area contributed by atoms with E-state index in [0.717, 1.165) is 25.1 Å². The van der Waals surface area contributed by atoms with Gasteiger partial charge < -0.3 is 10.1 Å². The molecule has 0 aliphatic rings. The standard InChI is InChI=1S/C14H22FNO/c1-4-16-14(11(2)9-10-17-3)12-5-7-13(15)8-6-12/h5-8,11,14,16H,4,9-10H2,1-3H3. The van der Waals surface area contributed by atoms with E-state index in [1.807, 2.05) is 12.1 Å². The summed E-state index contributed by atoms with van der Waals surface area (Å²) in [5.41, 5.74) is 1.14. The van der Waals surface area contributed by atoms with Crippen LogP contribution >= 0.6 is 0 Å². The van der Waals surface area contributed by atoms with Gasteiger partial charge in [0, 0.05) is 19.8 Å². The fourth-order valence-corrected chi connectivity index (χ4v) is 2.01. The summed E-state index contributed by atoms with van der Waals surface area (Å²) in [6.45, 7) is 5.93. The van der Waals surface area contributed by atoms with E-state index in [2.05, 4.69) is 19.2 Å². The molecule has 0 heterocycles. The van der Waals surface area contributed by atoms with Crippen molar-refractivity contribution in [2.75, 3.05) is 20.3 Å². The highest BCUT2D eigenvalue weighted by atomic mass is 19.1. The zero-order valence-electron chi connectivity index (χ0n) is 10.9. The molecule has 1 rings (SSSR count). The molecule has 0 spiro atoms. The van der Waals surface area contributed by atoms with Crippen LogP contribution in [0.4, 0.5) is 4.39 Å². The van der Waals surface area contributed by atoms with Crippen molar-refractivity contribution in [2.45, 2.75) is 26.3 Å². The van der Waals surface area contributed by atoms with E-state index >= 15 is 0 Å². The molecule has 2 unspecified atom stereocenters. The predicted octanol–water partition coefficient (Wildman–Crippen LogP) is 3.15. The lowest BCUT2D eigenvalue weighted by molar-refractivity contribution is 0.170. The number of hydrogen-bond donors (Lipinski definition) is 1. The van der Waals surface area contributed by atoms with E-state index in [4.69, 9.17) is 4.74 Å². The summed E-state index contributed by atoms with van der Waals surface area (Å²) in [7, 11) is 1.72. The van der Waals surface area contributed by atoms with E-state index in [1.54, 1.807) is 7.11 Å². The van der Waals surface area contributed by atoms with Gasteiger partial charge in [0.25, 0.3) is 0 Å². The first-order chi connectivity index (χ1) is 8.19. The third-order valence-electron chi connectivity index (χ3n) is 3.00. The van der Waals surface area contributed by atoms with Gasteiger partial charge in [-0.15, -0.1) is 0 Å². The summed E-state index contributed by atoms with van der Waals surface area (Å²) in [6.07, 6.45) is 0.992. The average Bonchev–Trinajstić information content (AvgIpc) is 2.34. The average molecular weight is 239 g/mol. The quantitative estimate of drug-likeness (QED) is 0.789. The minimum atomic E-state index is -0.187. The topological polar surface area (TPSA) is 21.3 Å². The Kier molecular flexibility index (Phi) is 6.16. The molecule has 3 heteroatoms. The SMILES string of the molecule is CCNC(c1ccc(F)cc1)C(C)CCOC. The van der Waals surface area contributed by atoms with Crippen molar-refractivity contribution in [3.8, 4) is 0 Å². The van der Waals surface area contributed by atoms with Crippen LogP contribution in [0.1, 0.15) is 31.9 Å². The number of halogens is 1. The van der Waals surface area contributed by atoms with Crippen LogP contribution in [0.3, 0.4) is 0 Å². The van der Waals surface area contributed by atoms with Crippen LogP contribution in [0.25, 0.3) is 0 Å². The Balaban J connectivity index is 2.73. The normalized spacial score (nSPS) is 14.6. The highest BCUT2D eigenvalue weighted by Crippen LogP contribution is 2.24. The summed E-state index contributed by atoms with van der Waals surface area (Å²) in [5, 5.41) is 3.45. The molecular weight excluding hydrogens is 217 g/mol. The molecular formula is C14H22FNO. The van der Waals surface area contributed by atoms with Gasteiger partial charge in [-0.25, -0.2) is 4.39 Å². The van der Waals surface area contributed by atoms with Crippen LogP contribution in [0.15, 0.2) is 24.3 Å². The summed E-state index contributed by atoms with van der Waals surface area (Å²) in [4.78, 5) is 0. The highest BCUT2D eigenvalue weighted by Gasteiger charge is 2.17. The van der Waals surface area contributed by atoms with E-state index in [-0.39, 0.29) is 11.9 Å². The zero-order valence-corrected chi connectivity index (χ0v) is 10.9. The number of rotatable bonds is 7. The summed E-state index contributed by atoms with van der Waals surface area (Å²) in [5.74, 6) is 0.272. The minimum Gasteiger partial charge on any atom is -0.385 e. The molecule has 0 aromatic heterocycles. The van der Waals surface area contributed by atoms with E-state index in [9.17, 15) is 4.39 Å². The zero-order chi connectivity index (χ0) is 12.7. The fourth-order valence-electron chi connectivity index (χ4n) is 2.01. The van der Waals surface area contributed by atoms with Crippen molar-refractivity contribution >= 4 is 0 Å². The second-order valence-electron chi connectivity index (χ2n) is 4.35. The lowest BCUT2D eigenvalue weighted by Crippen LogP contribution is -2.27. The van der Waals surface area contributed by atoms with Gasteiger partial charge in [-0.3, -0.25) is 0 Å². The highest BCUT2D eigenvalue weighted by molar-refractivity contribution is 5.20. The Morgan fingerprint density at radius 1 is 1.29 bits per heavy atom. The van der Waals surface area contributed by atoms with Gasteiger partial charge in [-0.05, 0) is 36.6 Å². The van der Waals surface area contributed by atoms with E-state index in [1.165, 1.54) is 12.1 Å². The summed E-state index contributed by atoms with van der Waals surface area (Å²) >= 11 is 0. The maximum Gasteiger partial charge on any atom is 0.123 e. The van der Waals surface area contributed by atoms with Gasteiger partial charge in [0.05, 0.1) is 0 Å². The fraction of sp³-hybridized carbons (Fsp3) is 0.571. The molecule has 96 valence electrons. The molecule has 0 fully saturated rings. The molecule has 0 saturated heterocycles. The van der Waals surface area contributed by atoms with Crippen LogP contribution < -0.4 is 5.32 Å². The van der Waals surface area contributed by atoms with Crippen molar-refractivity contribution in [1.82, 2.24) is 5.32 Å². The first kappa shape index (κ1) is 14.1. The second-order valence-corrected chi connectivity index (χ2v) is 4.35. The smallest absolute Gasteiger partial charge is 0.123 e. The largest absolute Gasteiger partial charge is 0.385 e. The maximum absolute atomic E-state index is 12.9. The number of nitrogens with one attached hydrogen (secondary N) is 1. The van der Waals surface area contributed by atoms with Crippen molar-refractivity contribution in [3.05, 3.63) is 35.6 Å². The van der Waals surface area contributed by atoms with Crippen LogP contribution in [0, 0.1) is 11.7 Å². The number of methoxy groups -OCH3 is 1. The molecule has 17 heavy (non-hydrogen) atoms. The maximum atomic E-state index is 12.9. The molecule has 0 aliphatic heterocycles. The summed E-state index contributed by atoms with van der Waals surface area (Å²) < 4.78 is 18.0. The Labute approximate surface area is 103 Å². The molecule has 2 atom stereocenters. The van der Waals surface area contributed by atoms with Crippen molar-refractivity contribution < 1.29 is 9.13 Å². The first-order valence-corrected chi connectivity index (χ1v) is 6.16. The summed E-state index contributed by atoms with van der Waals surface area (Å²) in [6, 6.07) is 7.00. The molecule has 1 aromatic rings. The monoisotopic (exact) mass is 239 g/mol. The van der Waals surface area contributed by atoms with Gasteiger partial charge in [0.15, 0.2) is 0 Å². The third-order valence-corrected chi connectivity index (χ3v) is 3.00. The lowest BCUT2D eigenvalue weighted by atomic mass is 9.92. The van der Waals surface area contributed by atoms with Crippen LogP contribution in [0.5, 0.6) is 0 Å². The second kappa shape index (κ2) is 7.41. The first-order valence-electron chi connectivity index (χ1n) is 6.16. The molecule has 0 aliphatic carbocycles. The molecule has 1 N–H and O–H groups in total. The predicted molar refractivity (Wildman–Crippen MR) is 68.5 cm³/mol. The Morgan fingerprint density at radius 3 is 2.47 bits per heavy atom. The molecule has 0 radical (unpaired) electrons. The minimum absolute atomic E-state index is 0.187. The van der Waals surface area contributed by atoms with Gasteiger partial charge in [0.1, 0.15) is 5.82 Å². The van der Waals surface area contributed by atoms with Gasteiger partial charge in [-0.2, -0.15) is 0 Å². The molecule has 0 bridgehead atoms. The third kappa shape index (κ3) is 4.44. The molecule has 0 saturated carbocycles. The van der Waals surface area contributed by atoms with Crippen molar-refractivity contribution in [1.29, 1.82) is 0 Å². The number of hydrogen-bond acceptors (Lipinski definition) is 2. The van der Waals surface area contributed by atoms with Crippen LogP contribution in [-0.2, 0) is 4.74 Å². The Bertz CT molecular complexity index is 313. The molecule has 0 amide bonds. The van der Waals surface area contributed by atoms with Crippen LogP contribution in [-0.4, -0.2) is 20.3 Å². The molecule has 1 aromatic carbocycles. The van der Waals surface area contributed by atoms with E-state index < -0.39 is 0 Å². The van der Waals surface area contributed by atoms with Gasteiger partial charge >= 0.3 is 0 Å². The number of ether oxygens (including phenoxy) is 1. The Morgan fingerprint density at radius 2 is 1.94 bits per heavy atom. The lowest BCUT2D eigenvalue weighted by Gasteiger charge is -2.25. The Hall–Kier alpha value is -0.930. The van der Waals surface area contributed by atoms with E-state index in [0.29, 0.717) is 5.92 Å². The van der Waals surface area contributed by atoms with Gasteiger partial charge in [0.2, 0.25) is 0 Å². The number of benzene rings is 1. The van der Waals surface area contributed by atoms with Gasteiger partial charge in [-0.1, -0.05) is 26.0 Å².